The Labute approximate surface area is 168 Å². The van der Waals surface area contributed by atoms with Crippen LogP contribution < -0.4 is 5.32 Å². The lowest BCUT2D eigenvalue weighted by Crippen LogP contribution is -2.25. The van der Waals surface area contributed by atoms with Crippen molar-refractivity contribution >= 4 is 46.1 Å². The maximum atomic E-state index is 14.6. The maximum Gasteiger partial charge on any atom is 0.375 e. The third-order valence-electron chi connectivity index (χ3n) is 3.23. The maximum absolute atomic E-state index is 14.6. The molecule has 0 bridgehead atoms. The standard InChI is InChI=1S/C18H17FINO6/c1-18(2,3)27-17(24)14-10(7-8-26-14)15(22)21-13-11(20)6-5-9(12(13)19)16(23)25-4/h5-8H,1-4H3,(H,21,22). The lowest BCUT2D eigenvalue weighted by molar-refractivity contribution is 0.00339. The second kappa shape index (κ2) is 8.07. The van der Waals surface area contributed by atoms with Gasteiger partial charge in [0.1, 0.15) is 5.60 Å². The van der Waals surface area contributed by atoms with E-state index >= 15 is 0 Å². The van der Waals surface area contributed by atoms with Crippen LogP contribution in [0.15, 0.2) is 28.9 Å². The number of carbonyl (C=O) groups excluding carboxylic acids is 3. The number of anilines is 1. The van der Waals surface area contributed by atoms with Gasteiger partial charge in [-0.1, -0.05) is 0 Å². The number of methoxy groups -OCH3 is 1. The largest absolute Gasteiger partial charge is 0.465 e. The Morgan fingerprint density at radius 3 is 2.37 bits per heavy atom. The summed E-state index contributed by atoms with van der Waals surface area (Å²) in [6.45, 7) is 5.01. The first-order valence-electron chi connectivity index (χ1n) is 7.73. The summed E-state index contributed by atoms with van der Waals surface area (Å²) in [6.07, 6.45) is 1.15. The minimum atomic E-state index is -0.940. The van der Waals surface area contributed by atoms with Crippen molar-refractivity contribution in [2.24, 2.45) is 0 Å². The molecule has 0 fully saturated rings. The Hall–Kier alpha value is -2.43. The first-order chi connectivity index (χ1) is 12.5. The lowest BCUT2D eigenvalue weighted by atomic mass is 10.1. The van der Waals surface area contributed by atoms with Gasteiger partial charge in [-0.25, -0.2) is 14.0 Å². The molecule has 0 saturated carbocycles. The first-order valence-corrected chi connectivity index (χ1v) is 8.81. The topological polar surface area (TPSA) is 94.8 Å². The monoisotopic (exact) mass is 489 g/mol. The quantitative estimate of drug-likeness (QED) is 0.515. The molecule has 0 radical (unpaired) electrons. The fourth-order valence-corrected chi connectivity index (χ4v) is 2.64. The van der Waals surface area contributed by atoms with Gasteiger partial charge in [-0.3, -0.25) is 4.79 Å². The van der Waals surface area contributed by atoms with Crippen LogP contribution in [0.2, 0.25) is 0 Å². The molecule has 27 heavy (non-hydrogen) atoms. The van der Waals surface area contributed by atoms with E-state index in [-0.39, 0.29) is 22.6 Å². The van der Waals surface area contributed by atoms with Crippen molar-refractivity contribution in [2.75, 3.05) is 12.4 Å². The van der Waals surface area contributed by atoms with Crippen LogP contribution in [0.1, 0.15) is 52.0 Å². The fourth-order valence-electron chi connectivity index (χ4n) is 2.09. The van der Waals surface area contributed by atoms with E-state index in [0.717, 1.165) is 13.4 Å². The van der Waals surface area contributed by atoms with Crippen LogP contribution >= 0.6 is 22.6 Å². The van der Waals surface area contributed by atoms with Gasteiger partial charge in [-0.05, 0) is 61.6 Å². The first kappa shape index (κ1) is 20.9. The molecule has 0 spiro atoms. The van der Waals surface area contributed by atoms with Crippen molar-refractivity contribution in [1.82, 2.24) is 0 Å². The van der Waals surface area contributed by atoms with Crippen molar-refractivity contribution < 1.29 is 32.7 Å². The summed E-state index contributed by atoms with van der Waals surface area (Å²) in [6, 6.07) is 3.97. The van der Waals surface area contributed by atoms with Gasteiger partial charge in [-0.15, -0.1) is 0 Å². The number of halogens is 2. The molecule has 0 aliphatic carbocycles. The van der Waals surface area contributed by atoms with Gasteiger partial charge in [0, 0.05) is 3.57 Å². The molecule has 0 atom stereocenters. The summed E-state index contributed by atoms with van der Waals surface area (Å²) in [5.41, 5.74) is -1.44. The summed E-state index contributed by atoms with van der Waals surface area (Å²) in [5.74, 6) is -3.73. The lowest BCUT2D eigenvalue weighted by Gasteiger charge is -2.18. The molecule has 1 amide bonds. The molecule has 1 aromatic carbocycles. The highest BCUT2D eigenvalue weighted by Gasteiger charge is 2.27. The number of esters is 2. The Balaban J connectivity index is 2.33. The average molecular weight is 489 g/mol. The normalized spacial score (nSPS) is 11.0. The number of benzene rings is 1. The Kier molecular flexibility index (Phi) is 6.24. The highest BCUT2D eigenvalue weighted by atomic mass is 127. The third kappa shape index (κ3) is 4.85. The van der Waals surface area contributed by atoms with Crippen LogP contribution in [0.5, 0.6) is 0 Å². The van der Waals surface area contributed by atoms with E-state index in [1.807, 2.05) is 22.6 Å². The minimum absolute atomic E-state index is 0.122. The number of ether oxygens (including phenoxy) is 2. The van der Waals surface area contributed by atoms with Crippen molar-refractivity contribution in [3.63, 3.8) is 0 Å². The third-order valence-corrected chi connectivity index (χ3v) is 4.13. The Morgan fingerprint density at radius 2 is 1.78 bits per heavy atom. The molecule has 0 saturated heterocycles. The highest BCUT2D eigenvalue weighted by molar-refractivity contribution is 14.1. The van der Waals surface area contributed by atoms with Crippen LogP contribution in [0.25, 0.3) is 0 Å². The van der Waals surface area contributed by atoms with Gasteiger partial charge in [-0.2, -0.15) is 0 Å². The molecule has 2 rings (SSSR count). The number of rotatable bonds is 4. The smallest absolute Gasteiger partial charge is 0.375 e. The summed E-state index contributed by atoms with van der Waals surface area (Å²) in [4.78, 5) is 36.4. The van der Waals surface area contributed by atoms with Gasteiger partial charge in [0.2, 0.25) is 5.76 Å². The predicted octanol–water partition coefficient (Wildman–Crippen LogP) is 4.02. The van der Waals surface area contributed by atoms with E-state index in [4.69, 9.17) is 9.15 Å². The number of hydrogen-bond donors (Lipinski definition) is 1. The van der Waals surface area contributed by atoms with Gasteiger partial charge >= 0.3 is 11.9 Å². The van der Waals surface area contributed by atoms with Crippen molar-refractivity contribution in [3.8, 4) is 0 Å². The van der Waals surface area contributed by atoms with Gasteiger partial charge < -0.3 is 19.2 Å². The Bertz CT molecular complexity index is 900. The molecule has 9 heteroatoms. The number of nitrogens with one attached hydrogen (secondary N) is 1. The molecule has 1 N–H and O–H groups in total. The second-order valence-electron chi connectivity index (χ2n) is 6.39. The second-order valence-corrected chi connectivity index (χ2v) is 7.56. The average Bonchev–Trinajstić information content (AvgIpc) is 3.06. The number of furan rings is 1. The molecule has 7 nitrogen and oxygen atoms in total. The van der Waals surface area contributed by atoms with Crippen LogP contribution in [-0.2, 0) is 9.47 Å². The van der Waals surface area contributed by atoms with Gasteiger partial charge in [0.05, 0.1) is 30.2 Å². The Morgan fingerprint density at radius 1 is 1.11 bits per heavy atom. The van der Waals surface area contributed by atoms with Crippen molar-refractivity contribution in [2.45, 2.75) is 26.4 Å². The van der Waals surface area contributed by atoms with Gasteiger partial charge in [0.15, 0.2) is 5.82 Å². The SMILES string of the molecule is COC(=O)c1ccc(I)c(NC(=O)c2ccoc2C(=O)OC(C)(C)C)c1F. The molecule has 0 aliphatic heterocycles. The molecule has 144 valence electrons. The zero-order valence-corrected chi connectivity index (χ0v) is 17.2. The number of hydrogen-bond acceptors (Lipinski definition) is 6. The van der Waals surface area contributed by atoms with Gasteiger partial charge in [0.25, 0.3) is 5.91 Å². The van der Waals surface area contributed by atoms with Crippen LogP contribution in [0.3, 0.4) is 0 Å². The van der Waals surface area contributed by atoms with Crippen LogP contribution in [-0.4, -0.2) is 30.6 Å². The van der Waals surface area contributed by atoms with E-state index in [0.29, 0.717) is 3.57 Å². The number of amides is 1. The van der Waals surface area contributed by atoms with Crippen molar-refractivity contribution in [1.29, 1.82) is 0 Å². The van der Waals surface area contributed by atoms with E-state index in [1.165, 1.54) is 18.2 Å². The molecular weight excluding hydrogens is 472 g/mol. The number of carbonyl (C=O) groups is 3. The fraction of sp³-hybridized carbons (Fsp3) is 0.278. The van der Waals surface area contributed by atoms with Crippen molar-refractivity contribution in [3.05, 3.63) is 50.7 Å². The minimum Gasteiger partial charge on any atom is -0.465 e. The van der Waals surface area contributed by atoms with E-state index in [9.17, 15) is 18.8 Å². The molecule has 1 heterocycles. The van der Waals surface area contributed by atoms with Crippen LogP contribution in [0, 0.1) is 9.39 Å². The zero-order valence-electron chi connectivity index (χ0n) is 15.0. The molecule has 0 unspecified atom stereocenters. The molecule has 0 aliphatic rings. The molecule has 1 aromatic heterocycles. The van der Waals surface area contributed by atoms with Crippen LogP contribution in [0.4, 0.5) is 10.1 Å². The molecular formula is C18H17FINO6. The summed E-state index contributed by atoms with van der Waals surface area (Å²) < 4.78 is 29.7. The zero-order chi connectivity index (χ0) is 20.4. The van der Waals surface area contributed by atoms with E-state index < -0.39 is 29.3 Å². The van der Waals surface area contributed by atoms with E-state index in [2.05, 4.69) is 10.1 Å². The highest BCUT2D eigenvalue weighted by Crippen LogP contribution is 2.27. The summed E-state index contributed by atoms with van der Waals surface area (Å²) in [5, 5.41) is 2.36. The summed E-state index contributed by atoms with van der Waals surface area (Å²) >= 11 is 1.81. The summed E-state index contributed by atoms with van der Waals surface area (Å²) in [7, 11) is 1.12. The molecule has 2 aromatic rings. The predicted molar refractivity (Wildman–Crippen MR) is 102 cm³/mol. The van der Waals surface area contributed by atoms with E-state index in [1.54, 1.807) is 20.8 Å².